The van der Waals surface area contributed by atoms with Crippen LogP contribution in [0.5, 0.6) is 0 Å². The first-order valence-corrected chi connectivity index (χ1v) is 9.75. The van der Waals surface area contributed by atoms with E-state index >= 15 is 0 Å². The zero-order chi connectivity index (χ0) is 21.6. The molecule has 2 aliphatic rings. The van der Waals surface area contributed by atoms with Crippen LogP contribution in [0.1, 0.15) is 19.3 Å². The van der Waals surface area contributed by atoms with Crippen molar-refractivity contribution in [2.45, 2.75) is 80.7 Å². The molecule has 9 N–H and O–H groups in total. The van der Waals surface area contributed by atoms with E-state index in [1.807, 2.05) is 0 Å². The predicted octanol–water partition coefficient (Wildman–Crippen LogP) is -4.24. The van der Waals surface area contributed by atoms with E-state index in [4.69, 9.17) is 24.7 Å². The molecule has 12 nitrogen and oxygen atoms in total. The number of aliphatic hydroxyl groups excluding tert-OH is 7. The maximum absolute atomic E-state index is 10.5. The Morgan fingerprint density at radius 1 is 0.862 bits per heavy atom. The van der Waals surface area contributed by atoms with E-state index in [1.54, 1.807) is 0 Å². The fourth-order valence-corrected chi connectivity index (χ4v) is 3.33. The van der Waals surface area contributed by atoms with Crippen molar-refractivity contribution < 1.29 is 54.7 Å². The lowest BCUT2D eigenvalue weighted by molar-refractivity contribution is -0.319. The van der Waals surface area contributed by atoms with Gasteiger partial charge in [-0.1, -0.05) is 0 Å². The molecule has 9 unspecified atom stereocenters. The summed E-state index contributed by atoms with van der Waals surface area (Å²) in [6.45, 7) is -0.514. The number of hydrogen-bond acceptors (Lipinski definition) is 12. The molecule has 0 amide bonds. The van der Waals surface area contributed by atoms with E-state index in [1.165, 1.54) is 0 Å². The third-order valence-corrected chi connectivity index (χ3v) is 5.07. The normalized spacial score (nSPS) is 41.6. The standard InChI is InChI=1S/C17H33NO11/c18-4-2-1-3-5-26-16-13(25)15(14(28-16)8(21)6-19)29-17-12(24)11(23)10(22)9(7-20)27-17/h8-17,19-25H,1-7,18H2/t8-,9?,10?,11?,12?,13?,14?,15?,16?,17?/m1/s1. The summed E-state index contributed by atoms with van der Waals surface area (Å²) in [7, 11) is 0. The number of unbranched alkanes of at least 4 members (excludes halogenated alkanes) is 2. The van der Waals surface area contributed by atoms with Crippen LogP contribution in [-0.4, -0.2) is 124 Å². The van der Waals surface area contributed by atoms with E-state index in [0.717, 1.165) is 12.8 Å². The Balaban J connectivity index is 2.03. The van der Waals surface area contributed by atoms with Gasteiger partial charge in [-0.25, -0.2) is 0 Å². The van der Waals surface area contributed by atoms with Gasteiger partial charge < -0.3 is 60.4 Å². The van der Waals surface area contributed by atoms with Crippen LogP contribution in [0.4, 0.5) is 0 Å². The molecule has 0 bridgehead atoms. The Morgan fingerprint density at radius 3 is 2.21 bits per heavy atom. The van der Waals surface area contributed by atoms with Crippen molar-refractivity contribution in [3.8, 4) is 0 Å². The van der Waals surface area contributed by atoms with Gasteiger partial charge in [0.05, 0.1) is 13.2 Å². The monoisotopic (exact) mass is 427 g/mol. The highest BCUT2D eigenvalue weighted by molar-refractivity contribution is 4.95. The van der Waals surface area contributed by atoms with Crippen LogP contribution in [0.25, 0.3) is 0 Å². The average Bonchev–Trinajstić information content (AvgIpc) is 3.03. The highest BCUT2D eigenvalue weighted by Crippen LogP contribution is 2.31. The molecule has 2 heterocycles. The largest absolute Gasteiger partial charge is 0.394 e. The molecule has 29 heavy (non-hydrogen) atoms. The van der Waals surface area contributed by atoms with Crippen molar-refractivity contribution in [1.82, 2.24) is 0 Å². The quantitative estimate of drug-likeness (QED) is 0.148. The van der Waals surface area contributed by atoms with Crippen molar-refractivity contribution in [2.24, 2.45) is 5.73 Å². The van der Waals surface area contributed by atoms with Crippen LogP contribution < -0.4 is 5.73 Å². The first-order chi connectivity index (χ1) is 13.8. The maximum Gasteiger partial charge on any atom is 0.187 e. The lowest BCUT2D eigenvalue weighted by Gasteiger charge is -2.41. The van der Waals surface area contributed by atoms with Crippen molar-refractivity contribution in [1.29, 1.82) is 0 Å². The predicted molar refractivity (Wildman–Crippen MR) is 95.3 cm³/mol. The Hall–Kier alpha value is -0.480. The summed E-state index contributed by atoms with van der Waals surface area (Å²) in [5, 5.41) is 68.9. The second kappa shape index (κ2) is 11.8. The van der Waals surface area contributed by atoms with E-state index in [9.17, 15) is 35.7 Å². The highest BCUT2D eigenvalue weighted by atomic mass is 16.8. The van der Waals surface area contributed by atoms with Gasteiger partial charge in [0.1, 0.15) is 48.8 Å². The minimum atomic E-state index is -1.69. The number of nitrogens with two attached hydrogens (primary N) is 1. The summed E-state index contributed by atoms with van der Waals surface area (Å²) in [5.41, 5.74) is 5.42. The Labute approximate surface area is 168 Å². The van der Waals surface area contributed by atoms with Gasteiger partial charge in [0.25, 0.3) is 0 Å². The van der Waals surface area contributed by atoms with Gasteiger partial charge in [-0.2, -0.15) is 0 Å². The molecule has 10 atom stereocenters. The number of hydrogen-bond donors (Lipinski definition) is 8. The molecule has 2 saturated heterocycles. The molecule has 0 radical (unpaired) electrons. The molecule has 2 fully saturated rings. The summed E-state index contributed by atoms with van der Waals surface area (Å²) in [6, 6.07) is 0. The van der Waals surface area contributed by atoms with Gasteiger partial charge >= 0.3 is 0 Å². The van der Waals surface area contributed by atoms with E-state index in [2.05, 4.69) is 0 Å². The van der Waals surface area contributed by atoms with Gasteiger partial charge in [0.2, 0.25) is 0 Å². The molecule has 2 aliphatic heterocycles. The molecule has 0 spiro atoms. The van der Waals surface area contributed by atoms with Crippen LogP contribution in [0.2, 0.25) is 0 Å². The summed E-state index contributed by atoms with van der Waals surface area (Å²) in [6.07, 6.45) is -11.8. The lowest BCUT2D eigenvalue weighted by Crippen LogP contribution is -2.60. The number of ether oxygens (including phenoxy) is 4. The molecule has 0 aromatic carbocycles. The summed E-state index contributed by atoms with van der Waals surface area (Å²) < 4.78 is 21.8. The molecule has 0 aromatic heterocycles. The topological polar surface area (TPSA) is 205 Å². The Morgan fingerprint density at radius 2 is 1.59 bits per heavy atom. The zero-order valence-corrected chi connectivity index (χ0v) is 16.1. The minimum Gasteiger partial charge on any atom is -0.394 e. The molecule has 2 rings (SSSR count). The first-order valence-electron chi connectivity index (χ1n) is 9.75. The summed E-state index contributed by atoms with van der Waals surface area (Å²) >= 11 is 0. The van der Waals surface area contributed by atoms with Crippen molar-refractivity contribution in [3.63, 3.8) is 0 Å². The van der Waals surface area contributed by atoms with Crippen molar-refractivity contribution >= 4 is 0 Å². The van der Waals surface area contributed by atoms with Gasteiger partial charge in [-0.05, 0) is 25.8 Å². The maximum atomic E-state index is 10.5. The Bertz CT molecular complexity index is 471. The van der Waals surface area contributed by atoms with Crippen LogP contribution in [0.3, 0.4) is 0 Å². The lowest BCUT2D eigenvalue weighted by atomic mass is 9.99. The second-order valence-electron chi connectivity index (χ2n) is 7.23. The fourth-order valence-electron chi connectivity index (χ4n) is 3.33. The summed E-state index contributed by atoms with van der Waals surface area (Å²) in [4.78, 5) is 0. The van der Waals surface area contributed by atoms with Gasteiger partial charge in [0, 0.05) is 6.61 Å². The van der Waals surface area contributed by atoms with Gasteiger partial charge in [0.15, 0.2) is 12.6 Å². The molecular weight excluding hydrogens is 394 g/mol. The second-order valence-corrected chi connectivity index (χ2v) is 7.23. The zero-order valence-electron chi connectivity index (χ0n) is 16.1. The molecule has 0 saturated carbocycles. The van der Waals surface area contributed by atoms with E-state index < -0.39 is 74.6 Å². The van der Waals surface area contributed by atoms with Crippen LogP contribution in [0, 0.1) is 0 Å². The van der Waals surface area contributed by atoms with E-state index in [0.29, 0.717) is 13.0 Å². The van der Waals surface area contributed by atoms with Crippen molar-refractivity contribution in [3.05, 3.63) is 0 Å². The summed E-state index contributed by atoms with van der Waals surface area (Å²) in [5.74, 6) is 0. The number of aliphatic hydroxyl groups is 7. The minimum absolute atomic E-state index is 0.260. The van der Waals surface area contributed by atoms with Crippen LogP contribution in [0.15, 0.2) is 0 Å². The van der Waals surface area contributed by atoms with Crippen molar-refractivity contribution in [2.75, 3.05) is 26.4 Å². The molecule has 172 valence electrons. The van der Waals surface area contributed by atoms with Crippen LogP contribution in [-0.2, 0) is 18.9 Å². The highest BCUT2D eigenvalue weighted by Gasteiger charge is 2.52. The third kappa shape index (κ3) is 6.03. The first kappa shape index (κ1) is 24.8. The molecule has 0 aromatic rings. The van der Waals surface area contributed by atoms with E-state index in [-0.39, 0.29) is 6.61 Å². The SMILES string of the molecule is NCCCCCOC1OC([C@H](O)CO)C(OC2OC(CO)C(O)C(O)C2O)C1O. The molecule has 0 aliphatic carbocycles. The van der Waals surface area contributed by atoms with Gasteiger partial charge in [-0.3, -0.25) is 0 Å². The average molecular weight is 427 g/mol. The molecule has 12 heteroatoms. The number of rotatable bonds is 11. The van der Waals surface area contributed by atoms with Gasteiger partial charge in [-0.15, -0.1) is 0 Å². The fraction of sp³-hybridized carbons (Fsp3) is 1.00. The third-order valence-electron chi connectivity index (χ3n) is 5.07. The Kier molecular flexibility index (Phi) is 10.1. The molecular formula is C17H33NO11. The smallest absolute Gasteiger partial charge is 0.187 e. The van der Waals surface area contributed by atoms with Crippen LogP contribution >= 0.6 is 0 Å².